The Morgan fingerprint density at radius 3 is 3.07 bits per heavy atom. The molecule has 1 aliphatic rings. The van der Waals surface area contributed by atoms with Crippen LogP contribution < -0.4 is 0 Å². The fourth-order valence-corrected chi connectivity index (χ4v) is 1.53. The molecule has 2 heteroatoms. The molecule has 0 spiro atoms. The minimum absolute atomic E-state index is 0.00201. The quantitative estimate of drug-likeness (QED) is 0.621. The van der Waals surface area contributed by atoms with Crippen LogP contribution in [0.3, 0.4) is 0 Å². The van der Waals surface area contributed by atoms with E-state index < -0.39 is 24.5 Å². The summed E-state index contributed by atoms with van der Waals surface area (Å²) >= 11 is 0. The summed E-state index contributed by atoms with van der Waals surface area (Å²) in [6.07, 6.45) is -3.65. The van der Waals surface area contributed by atoms with Crippen molar-refractivity contribution in [2.45, 2.75) is 26.1 Å². The molecule has 0 aromatic heterocycles. The number of nitrogens with zero attached hydrogens (tertiary/aromatic N) is 1. The Balaban J connectivity index is 2.68. The van der Waals surface area contributed by atoms with Gasteiger partial charge >= 0.3 is 0 Å². The van der Waals surface area contributed by atoms with Gasteiger partial charge in [0.1, 0.15) is 11.9 Å². The van der Waals surface area contributed by atoms with Gasteiger partial charge in [-0.15, -0.1) is 0 Å². The van der Waals surface area contributed by atoms with Crippen molar-refractivity contribution in [3.05, 3.63) is 34.6 Å². The highest BCUT2D eigenvalue weighted by atomic mass is 19.1. The van der Waals surface area contributed by atoms with Crippen molar-refractivity contribution in [3.8, 4) is 6.07 Å². The largest absolute Gasteiger partial charge is 0.206 e. The molecule has 1 aliphatic carbocycles. The maximum atomic E-state index is 13.6. The molecule has 1 aromatic rings. The Bertz CT molecular complexity index is 548. The van der Waals surface area contributed by atoms with E-state index in [0.717, 1.165) is 6.07 Å². The lowest BCUT2D eigenvalue weighted by Crippen LogP contribution is -2.12. The molecule has 0 saturated carbocycles. The van der Waals surface area contributed by atoms with Crippen LogP contribution in [-0.2, 0) is 12.8 Å². The zero-order valence-electron chi connectivity index (χ0n) is 11.8. The zero-order chi connectivity index (χ0) is 13.7. The van der Waals surface area contributed by atoms with Crippen molar-refractivity contribution in [2.75, 3.05) is 0 Å². The van der Waals surface area contributed by atoms with E-state index in [9.17, 15) is 4.39 Å². The van der Waals surface area contributed by atoms with E-state index in [-0.39, 0.29) is 17.5 Å². The Kier molecular flexibility index (Phi) is 1.34. The minimum Gasteiger partial charge on any atom is -0.206 e. The highest BCUT2D eigenvalue weighted by Crippen LogP contribution is 2.27. The maximum absolute atomic E-state index is 13.6. The van der Waals surface area contributed by atoms with Crippen LogP contribution in [0.2, 0.25) is 0 Å². The number of rotatable bonds is 0. The lowest BCUT2D eigenvalue weighted by atomic mass is 9.84. The predicted molar refractivity (Wildman–Crippen MR) is 52.3 cm³/mol. The van der Waals surface area contributed by atoms with Crippen LogP contribution in [-0.4, -0.2) is 0 Å². The molecule has 0 bridgehead atoms. The highest BCUT2D eigenvalue weighted by molar-refractivity contribution is 5.40. The number of benzene rings is 1. The average molecular weight is 193 g/mol. The summed E-state index contributed by atoms with van der Waals surface area (Å²) in [6, 6.07) is 3.97. The third kappa shape index (κ3) is 1.50. The molecule has 0 radical (unpaired) electrons. The fraction of sp³-hybridized carbons (Fsp3) is 0.417. The van der Waals surface area contributed by atoms with Crippen LogP contribution in [0.1, 0.15) is 35.5 Å². The molecule has 0 heterocycles. The van der Waals surface area contributed by atoms with E-state index in [0.29, 0.717) is 5.56 Å². The normalized spacial score (nSPS) is 31.4. The smallest absolute Gasteiger partial charge is 0.141 e. The lowest BCUT2D eigenvalue weighted by molar-refractivity contribution is 0.497. The molecule has 72 valence electrons. The van der Waals surface area contributed by atoms with Gasteiger partial charge in [-0.3, -0.25) is 0 Å². The van der Waals surface area contributed by atoms with Gasteiger partial charge in [-0.1, -0.05) is 6.92 Å². The molecule has 1 aromatic carbocycles. The topological polar surface area (TPSA) is 23.8 Å². The second-order valence-corrected chi connectivity index (χ2v) is 3.35. The Morgan fingerprint density at radius 1 is 1.57 bits per heavy atom. The van der Waals surface area contributed by atoms with E-state index in [2.05, 4.69) is 0 Å². The summed E-state index contributed by atoms with van der Waals surface area (Å²) in [6.45, 7) is 1.49. The zero-order valence-corrected chi connectivity index (χ0v) is 7.76. The summed E-state index contributed by atoms with van der Waals surface area (Å²) in [4.78, 5) is 0. The first-order valence-electron chi connectivity index (χ1n) is 6.43. The fourth-order valence-electron chi connectivity index (χ4n) is 1.53. The summed E-state index contributed by atoms with van der Waals surface area (Å²) in [5, 5.41) is 8.75. The van der Waals surface area contributed by atoms with Gasteiger partial charge in [-0.25, -0.2) is 4.39 Å². The van der Waals surface area contributed by atoms with E-state index in [1.54, 1.807) is 6.07 Å². The summed E-state index contributed by atoms with van der Waals surface area (Å²) in [7, 11) is 0. The first-order chi connectivity index (χ1) is 8.20. The summed E-state index contributed by atoms with van der Waals surface area (Å²) < 4.78 is 45.2. The van der Waals surface area contributed by atoms with Gasteiger partial charge in [-0.05, 0) is 48.3 Å². The number of hydrogen-bond acceptors (Lipinski definition) is 1. The number of nitriles is 1. The van der Waals surface area contributed by atoms with Crippen LogP contribution in [0.15, 0.2) is 12.1 Å². The van der Waals surface area contributed by atoms with Gasteiger partial charge < -0.3 is 0 Å². The molecule has 0 aliphatic heterocycles. The molecule has 2 rings (SSSR count). The SMILES string of the molecule is [2H]C1([2H])Cc2cc(C#N)c(F)cc2C([2H])([2H])C1C. The molecule has 0 amide bonds. The van der Waals surface area contributed by atoms with Crippen LogP contribution in [0.5, 0.6) is 0 Å². The van der Waals surface area contributed by atoms with E-state index in [1.165, 1.54) is 13.0 Å². The Labute approximate surface area is 88.8 Å². The number of fused-ring (bicyclic) bond motifs is 1. The number of hydrogen-bond donors (Lipinski definition) is 0. The van der Waals surface area contributed by atoms with Crippen molar-refractivity contribution < 1.29 is 9.87 Å². The molecule has 1 unspecified atom stereocenters. The second kappa shape index (κ2) is 3.42. The number of aryl methyl sites for hydroxylation is 1. The van der Waals surface area contributed by atoms with E-state index in [4.69, 9.17) is 10.7 Å². The maximum Gasteiger partial charge on any atom is 0.141 e. The van der Waals surface area contributed by atoms with Gasteiger partial charge in [0, 0.05) is 5.48 Å². The van der Waals surface area contributed by atoms with Gasteiger partial charge in [0.15, 0.2) is 0 Å². The third-order valence-electron chi connectivity index (χ3n) is 2.28. The van der Waals surface area contributed by atoms with Crippen LogP contribution in [0.4, 0.5) is 4.39 Å². The standard InChI is InChI=1S/C12H12FN/c1-8-2-3-9-5-11(7-14)12(13)6-10(9)4-8/h5-6,8H,2-4H2,1H3/i2D2,4D2. The van der Waals surface area contributed by atoms with E-state index >= 15 is 0 Å². The van der Waals surface area contributed by atoms with Crippen molar-refractivity contribution in [2.24, 2.45) is 5.92 Å². The average Bonchev–Trinajstić information content (AvgIpc) is 2.27. The number of halogens is 1. The Hall–Kier alpha value is -1.36. The molecular formula is C12H12FN. The van der Waals surface area contributed by atoms with Gasteiger partial charge in [-0.2, -0.15) is 5.26 Å². The van der Waals surface area contributed by atoms with Crippen LogP contribution >= 0.6 is 0 Å². The molecular weight excluding hydrogens is 177 g/mol. The lowest BCUT2D eigenvalue weighted by Gasteiger charge is -2.21. The first-order valence-corrected chi connectivity index (χ1v) is 4.43. The second-order valence-electron chi connectivity index (χ2n) is 3.35. The predicted octanol–water partition coefficient (Wildman–Crippen LogP) is 2.82. The molecule has 0 N–H and O–H groups in total. The van der Waals surface area contributed by atoms with Crippen molar-refractivity contribution >= 4 is 0 Å². The molecule has 14 heavy (non-hydrogen) atoms. The highest BCUT2D eigenvalue weighted by Gasteiger charge is 2.17. The van der Waals surface area contributed by atoms with Crippen molar-refractivity contribution in [1.29, 1.82) is 5.26 Å². The summed E-state index contributed by atoms with van der Waals surface area (Å²) in [5.41, 5.74) is 0.359. The third-order valence-corrected chi connectivity index (χ3v) is 2.28. The van der Waals surface area contributed by atoms with Crippen LogP contribution in [0.25, 0.3) is 0 Å². The monoisotopic (exact) mass is 193 g/mol. The van der Waals surface area contributed by atoms with E-state index in [1.807, 2.05) is 0 Å². The van der Waals surface area contributed by atoms with Crippen molar-refractivity contribution in [1.82, 2.24) is 0 Å². The minimum atomic E-state index is -1.94. The molecule has 0 fully saturated rings. The van der Waals surface area contributed by atoms with Gasteiger partial charge in [0.05, 0.1) is 5.56 Å². The van der Waals surface area contributed by atoms with Gasteiger partial charge in [0.25, 0.3) is 0 Å². The first kappa shape index (κ1) is 5.50. The van der Waals surface area contributed by atoms with Crippen LogP contribution in [0, 0.1) is 23.1 Å². The molecule has 1 atom stereocenters. The van der Waals surface area contributed by atoms with Gasteiger partial charge in [0.2, 0.25) is 0 Å². The molecule has 0 saturated heterocycles. The van der Waals surface area contributed by atoms with Crippen molar-refractivity contribution in [3.63, 3.8) is 0 Å². The Morgan fingerprint density at radius 2 is 2.36 bits per heavy atom. The molecule has 1 nitrogen and oxygen atoms in total. The summed E-state index contributed by atoms with van der Waals surface area (Å²) in [5.74, 6) is -1.63.